The van der Waals surface area contributed by atoms with E-state index in [-0.39, 0.29) is 12.5 Å². The van der Waals surface area contributed by atoms with Crippen LogP contribution in [0.1, 0.15) is 28.8 Å². The van der Waals surface area contributed by atoms with Gasteiger partial charge in [0, 0.05) is 17.7 Å². The Hall–Kier alpha value is -1.83. The summed E-state index contributed by atoms with van der Waals surface area (Å²) in [5.41, 5.74) is 1.45. The first-order chi connectivity index (χ1) is 10.2. The molecule has 0 atom stereocenters. The van der Waals surface area contributed by atoms with Gasteiger partial charge in [-0.15, -0.1) is 0 Å². The summed E-state index contributed by atoms with van der Waals surface area (Å²) in [7, 11) is 2.13. The molecule has 112 valence electrons. The second-order valence-corrected chi connectivity index (χ2v) is 5.49. The van der Waals surface area contributed by atoms with E-state index in [1.807, 2.05) is 0 Å². The molecule has 2 N–H and O–H groups in total. The van der Waals surface area contributed by atoms with Crippen molar-refractivity contribution < 1.29 is 9.90 Å². The lowest BCUT2D eigenvalue weighted by Gasteiger charge is -2.28. The number of piperidine rings is 1. The number of benzene rings is 1. The Labute approximate surface area is 126 Å². The SMILES string of the molecule is CN1CCC(CNC(=O)c2ccc(C#CCO)cc2)CC1. The smallest absolute Gasteiger partial charge is 0.251 e. The number of amides is 1. The molecule has 1 aliphatic rings. The van der Waals surface area contributed by atoms with Gasteiger partial charge in [-0.25, -0.2) is 0 Å². The van der Waals surface area contributed by atoms with Crippen LogP contribution in [0.2, 0.25) is 0 Å². The molecule has 1 amide bonds. The highest BCUT2D eigenvalue weighted by Crippen LogP contribution is 2.15. The van der Waals surface area contributed by atoms with E-state index in [0.29, 0.717) is 11.5 Å². The highest BCUT2D eigenvalue weighted by Gasteiger charge is 2.17. The molecule has 0 radical (unpaired) electrons. The summed E-state index contributed by atoms with van der Waals surface area (Å²) >= 11 is 0. The predicted molar refractivity (Wildman–Crippen MR) is 83.0 cm³/mol. The maximum atomic E-state index is 12.1. The lowest BCUT2D eigenvalue weighted by molar-refractivity contribution is 0.0939. The van der Waals surface area contributed by atoms with Gasteiger partial charge in [-0.2, -0.15) is 0 Å². The van der Waals surface area contributed by atoms with E-state index in [1.165, 1.54) is 0 Å². The van der Waals surface area contributed by atoms with E-state index < -0.39 is 0 Å². The normalized spacial score (nSPS) is 16.1. The van der Waals surface area contributed by atoms with Gasteiger partial charge >= 0.3 is 0 Å². The van der Waals surface area contributed by atoms with Gasteiger partial charge in [0.1, 0.15) is 6.61 Å². The molecule has 0 aromatic heterocycles. The third-order valence-electron chi connectivity index (χ3n) is 3.85. The van der Waals surface area contributed by atoms with Crippen LogP contribution in [0.3, 0.4) is 0 Å². The van der Waals surface area contributed by atoms with Gasteiger partial charge in [-0.1, -0.05) is 11.8 Å². The molecule has 1 aliphatic heterocycles. The van der Waals surface area contributed by atoms with Gasteiger partial charge in [0.15, 0.2) is 0 Å². The van der Waals surface area contributed by atoms with Crippen molar-refractivity contribution in [1.29, 1.82) is 0 Å². The number of aliphatic hydroxyl groups excluding tert-OH is 1. The zero-order valence-corrected chi connectivity index (χ0v) is 12.4. The Balaban J connectivity index is 1.83. The van der Waals surface area contributed by atoms with Crippen molar-refractivity contribution in [1.82, 2.24) is 10.2 Å². The zero-order chi connectivity index (χ0) is 15.1. The Bertz CT molecular complexity index is 520. The molecule has 1 heterocycles. The Morgan fingerprint density at radius 2 is 2.00 bits per heavy atom. The fourth-order valence-electron chi connectivity index (χ4n) is 2.45. The number of carbonyl (C=O) groups is 1. The summed E-state index contributed by atoms with van der Waals surface area (Å²) in [6.07, 6.45) is 2.29. The van der Waals surface area contributed by atoms with Crippen LogP contribution in [0.25, 0.3) is 0 Å². The molecular weight excluding hydrogens is 264 g/mol. The van der Waals surface area contributed by atoms with Gasteiger partial charge in [0.25, 0.3) is 5.91 Å². The number of hydrogen-bond acceptors (Lipinski definition) is 3. The van der Waals surface area contributed by atoms with Gasteiger partial charge in [0.2, 0.25) is 0 Å². The number of aliphatic hydroxyl groups is 1. The number of nitrogens with zero attached hydrogens (tertiary/aromatic N) is 1. The highest BCUT2D eigenvalue weighted by atomic mass is 16.2. The molecule has 4 heteroatoms. The van der Waals surface area contributed by atoms with Crippen molar-refractivity contribution in [3.05, 3.63) is 35.4 Å². The van der Waals surface area contributed by atoms with Crippen molar-refractivity contribution in [3.8, 4) is 11.8 Å². The maximum Gasteiger partial charge on any atom is 0.251 e. The number of hydrogen-bond donors (Lipinski definition) is 2. The Morgan fingerprint density at radius 3 is 2.62 bits per heavy atom. The minimum atomic E-state index is -0.154. The highest BCUT2D eigenvalue weighted by molar-refractivity contribution is 5.94. The van der Waals surface area contributed by atoms with Gasteiger partial charge < -0.3 is 15.3 Å². The molecule has 1 saturated heterocycles. The van der Waals surface area contributed by atoms with Crippen molar-refractivity contribution >= 4 is 5.91 Å². The minimum Gasteiger partial charge on any atom is -0.384 e. The van der Waals surface area contributed by atoms with Gasteiger partial charge in [-0.3, -0.25) is 4.79 Å². The fraction of sp³-hybridized carbons (Fsp3) is 0.471. The van der Waals surface area contributed by atoms with Crippen LogP contribution in [-0.2, 0) is 0 Å². The molecule has 0 aliphatic carbocycles. The van der Waals surface area contributed by atoms with Gasteiger partial charge in [-0.05, 0) is 63.2 Å². The van der Waals surface area contributed by atoms with Crippen LogP contribution in [-0.4, -0.2) is 49.2 Å². The molecule has 0 spiro atoms. The summed E-state index contributed by atoms with van der Waals surface area (Å²) in [5, 5.41) is 11.7. The second kappa shape index (κ2) is 7.82. The van der Waals surface area contributed by atoms with Crippen molar-refractivity contribution in [2.45, 2.75) is 12.8 Å². The number of rotatable bonds is 3. The number of carbonyl (C=O) groups excluding carboxylic acids is 1. The topological polar surface area (TPSA) is 52.6 Å². The van der Waals surface area contributed by atoms with Crippen LogP contribution in [0.4, 0.5) is 0 Å². The van der Waals surface area contributed by atoms with Crippen LogP contribution >= 0.6 is 0 Å². The predicted octanol–water partition coefficient (Wildman–Crippen LogP) is 1.10. The van der Waals surface area contributed by atoms with Gasteiger partial charge in [0.05, 0.1) is 0 Å². The Kier molecular flexibility index (Phi) is 5.79. The first-order valence-electron chi connectivity index (χ1n) is 7.35. The summed E-state index contributed by atoms with van der Waals surface area (Å²) in [4.78, 5) is 14.4. The van der Waals surface area contributed by atoms with Crippen molar-refractivity contribution in [2.24, 2.45) is 5.92 Å². The van der Waals surface area contributed by atoms with Crippen LogP contribution in [0.5, 0.6) is 0 Å². The van der Waals surface area contributed by atoms with Crippen molar-refractivity contribution in [3.63, 3.8) is 0 Å². The molecule has 21 heavy (non-hydrogen) atoms. The lowest BCUT2D eigenvalue weighted by Crippen LogP contribution is -2.36. The zero-order valence-electron chi connectivity index (χ0n) is 12.4. The molecule has 1 aromatic rings. The first kappa shape index (κ1) is 15.6. The number of nitrogens with one attached hydrogen (secondary N) is 1. The maximum absolute atomic E-state index is 12.1. The van der Waals surface area contributed by atoms with E-state index in [1.54, 1.807) is 24.3 Å². The molecular formula is C17H22N2O2. The molecule has 0 unspecified atom stereocenters. The summed E-state index contributed by atoms with van der Waals surface area (Å²) in [6, 6.07) is 7.14. The van der Waals surface area contributed by atoms with Crippen LogP contribution in [0, 0.1) is 17.8 Å². The largest absolute Gasteiger partial charge is 0.384 e. The third kappa shape index (κ3) is 4.89. The summed E-state index contributed by atoms with van der Waals surface area (Å²) in [6.45, 7) is 2.81. The first-order valence-corrected chi connectivity index (χ1v) is 7.35. The molecule has 4 nitrogen and oxygen atoms in total. The van der Waals surface area contributed by atoms with Crippen LogP contribution in [0.15, 0.2) is 24.3 Å². The van der Waals surface area contributed by atoms with Crippen molar-refractivity contribution in [2.75, 3.05) is 33.3 Å². The molecule has 1 aromatic carbocycles. The average molecular weight is 286 g/mol. The molecule has 2 rings (SSSR count). The minimum absolute atomic E-state index is 0.0319. The standard InChI is InChI=1S/C17H22N2O2/c1-19-10-8-15(9-11-19)13-18-17(21)16-6-4-14(5-7-16)3-2-12-20/h4-7,15,20H,8-13H2,1H3,(H,18,21). The van der Waals surface area contributed by atoms with Crippen LogP contribution < -0.4 is 5.32 Å². The fourth-order valence-corrected chi connectivity index (χ4v) is 2.45. The Morgan fingerprint density at radius 1 is 1.33 bits per heavy atom. The monoisotopic (exact) mass is 286 g/mol. The molecule has 1 fully saturated rings. The summed E-state index contributed by atoms with van der Waals surface area (Å²) < 4.78 is 0. The summed E-state index contributed by atoms with van der Waals surface area (Å²) in [5.74, 6) is 5.95. The number of likely N-dealkylation sites (tertiary alicyclic amines) is 1. The third-order valence-corrected chi connectivity index (χ3v) is 3.85. The van der Waals surface area contributed by atoms with E-state index >= 15 is 0 Å². The van der Waals surface area contributed by atoms with E-state index in [4.69, 9.17) is 5.11 Å². The van der Waals surface area contributed by atoms with E-state index in [9.17, 15) is 4.79 Å². The quantitative estimate of drug-likeness (QED) is 0.818. The van der Waals surface area contributed by atoms with E-state index in [2.05, 4.69) is 29.1 Å². The average Bonchev–Trinajstić information content (AvgIpc) is 2.52. The molecule has 0 bridgehead atoms. The lowest BCUT2D eigenvalue weighted by atomic mass is 9.97. The second-order valence-electron chi connectivity index (χ2n) is 5.49. The van der Waals surface area contributed by atoms with E-state index in [0.717, 1.165) is 38.0 Å². The molecule has 0 saturated carbocycles.